The molecular formula is C20H21NO3. The molecule has 0 N–H and O–H groups in total. The van der Waals surface area contributed by atoms with Crippen LogP contribution in [-0.4, -0.2) is 29.7 Å². The number of ketones is 1. The Morgan fingerprint density at radius 1 is 1.04 bits per heavy atom. The van der Waals surface area contributed by atoms with Crippen molar-refractivity contribution in [1.29, 1.82) is 0 Å². The SMILES string of the molecule is CCC(=O)c1ccc(OCC(=O)N2CCc3ccccc3C2)cc1. The molecule has 1 aliphatic rings. The summed E-state index contributed by atoms with van der Waals surface area (Å²) in [6.45, 7) is 3.22. The largest absolute Gasteiger partial charge is 0.484 e. The molecule has 2 aromatic rings. The Bertz CT molecular complexity index is 737. The van der Waals surface area contributed by atoms with Gasteiger partial charge in [-0.1, -0.05) is 31.2 Å². The number of Topliss-reactive ketones (excluding diaryl/α,β-unsaturated/α-hetero) is 1. The van der Waals surface area contributed by atoms with E-state index in [2.05, 4.69) is 12.1 Å². The van der Waals surface area contributed by atoms with Crippen LogP contribution in [0.2, 0.25) is 0 Å². The van der Waals surface area contributed by atoms with Crippen molar-refractivity contribution >= 4 is 11.7 Å². The minimum Gasteiger partial charge on any atom is -0.484 e. The predicted octanol–water partition coefficient (Wildman–Crippen LogP) is 3.24. The van der Waals surface area contributed by atoms with Crippen LogP contribution in [0.3, 0.4) is 0 Å². The van der Waals surface area contributed by atoms with E-state index in [0.717, 1.165) is 13.0 Å². The maximum absolute atomic E-state index is 12.3. The van der Waals surface area contributed by atoms with Crippen LogP contribution in [0.25, 0.3) is 0 Å². The van der Waals surface area contributed by atoms with Crippen molar-refractivity contribution in [3.8, 4) is 5.75 Å². The Morgan fingerprint density at radius 3 is 2.46 bits per heavy atom. The normalized spacial score (nSPS) is 13.3. The zero-order valence-electron chi connectivity index (χ0n) is 13.8. The van der Waals surface area contributed by atoms with Crippen LogP contribution in [0.1, 0.15) is 34.8 Å². The molecule has 0 unspecified atom stereocenters. The van der Waals surface area contributed by atoms with E-state index in [1.165, 1.54) is 11.1 Å². The summed E-state index contributed by atoms with van der Waals surface area (Å²) < 4.78 is 5.57. The van der Waals surface area contributed by atoms with Crippen LogP contribution in [0, 0.1) is 0 Å². The van der Waals surface area contributed by atoms with Crippen LogP contribution in [0.4, 0.5) is 0 Å². The van der Waals surface area contributed by atoms with Gasteiger partial charge in [-0.3, -0.25) is 9.59 Å². The summed E-state index contributed by atoms with van der Waals surface area (Å²) in [4.78, 5) is 25.8. The topological polar surface area (TPSA) is 46.6 Å². The van der Waals surface area contributed by atoms with Crippen molar-refractivity contribution in [2.24, 2.45) is 0 Å². The quantitative estimate of drug-likeness (QED) is 0.794. The molecule has 124 valence electrons. The van der Waals surface area contributed by atoms with E-state index in [-0.39, 0.29) is 18.3 Å². The number of carbonyl (C=O) groups excluding carboxylic acids is 2. The molecule has 2 aromatic carbocycles. The summed E-state index contributed by atoms with van der Waals surface area (Å²) >= 11 is 0. The maximum atomic E-state index is 12.3. The minimum atomic E-state index is -0.0155. The highest BCUT2D eigenvalue weighted by Gasteiger charge is 2.20. The van der Waals surface area contributed by atoms with Crippen LogP contribution >= 0.6 is 0 Å². The van der Waals surface area contributed by atoms with Gasteiger partial charge in [-0.25, -0.2) is 0 Å². The van der Waals surface area contributed by atoms with Crippen LogP contribution in [0.5, 0.6) is 5.75 Å². The van der Waals surface area contributed by atoms with Gasteiger partial charge in [-0.05, 0) is 41.8 Å². The molecule has 0 atom stereocenters. The molecule has 3 rings (SSSR count). The smallest absolute Gasteiger partial charge is 0.260 e. The Kier molecular flexibility index (Phi) is 4.94. The van der Waals surface area contributed by atoms with Gasteiger partial charge in [-0.2, -0.15) is 0 Å². The number of hydrogen-bond acceptors (Lipinski definition) is 3. The average molecular weight is 323 g/mol. The van der Waals surface area contributed by atoms with E-state index in [4.69, 9.17) is 4.74 Å². The number of rotatable bonds is 5. The number of carbonyl (C=O) groups is 2. The monoisotopic (exact) mass is 323 g/mol. The fraction of sp³-hybridized carbons (Fsp3) is 0.300. The lowest BCUT2D eigenvalue weighted by Crippen LogP contribution is -2.38. The molecule has 0 fully saturated rings. The Morgan fingerprint density at radius 2 is 1.75 bits per heavy atom. The summed E-state index contributed by atoms with van der Waals surface area (Å²) in [5, 5.41) is 0. The zero-order valence-corrected chi connectivity index (χ0v) is 13.8. The highest BCUT2D eigenvalue weighted by atomic mass is 16.5. The van der Waals surface area contributed by atoms with Gasteiger partial charge in [0.1, 0.15) is 5.75 Å². The predicted molar refractivity (Wildman–Crippen MR) is 92.1 cm³/mol. The van der Waals surface area contributed by atoms with Gasteiger partial charge in [0.05, 0.1) is 0 Å². The number of benzene rings is 2. The molecule has 0 bridgehead atoms. The third-order valence-corrected chi connectivity index (χ3v) is 4.34. The fourth-order valence-corrected chi connectivity index (χ4v) is 2.89. The molecule has 4 heteroatoms. The lowest BCUT2D eigenvalue weighted by molar-refractivity contribution is -0.134. The lowest BCUT2D eigenvalue weighted by Gasteiger charge is -2.28. The molecule has 24 heavy (non-hydrogen) atoms. The standard InChI is InChI=1S/C20H21NO3/c1-2-19(22)16-7-9-18(10-8-16)24-14-20(23)21-12-11-15-5-3-4-6-17(15)13-21/h3-10H,2,11-14H2,1H3. The van der Waals surface area contributed by atoms with E-state index < -0.39 is 0 Å². The number of hydrogen-bond donors (Lipinski definition) is 0. The van der Waals surface area contributed by atoms with Gasteiger partial charge in [0.15, 0.2) is 12.4 Å². The molecule has 1 heterocycles. The highest BCUT2D eigenvalue weighted by Crippen LogP contribution is 2.19. The van der Waals surface area contributed by atoms with E-state index in [9.17, 15) is 9.59 Å². The second-order valence-electron chi connectivity index (χ2n) is 5.92. The molecule has 1 amide bonds. The van der Waals surface area contributed by atoms with Crippen molar-refractivity contribution in [2.75, 3.05) is 13.2 Å². The summed E-state index contributed by atoms with van der Waals surface area (Å²) in [5.74, 6) is 0.691. The molecule has 0 aromatic heterocycles. The lowest BCUT2D eigenvalue weighted by atomic mass is 10.00. The Hall–Kier alpha value is -2.62. The van der Waals surface area contributed by atoms with E-state index in [1.54, 1.807) is 24.3 Å². The Labute approximate surface area is 142 Å². The van der Waals surface area contributed by atoms with Gasteiger partial charge in [-0.15, -0.1) is 0 Å². The molecule has 0 saturated carbocycles. The van der Waals surface area contributed by atoms with Crippen molar-refractivity contribution < 1.29 is 14.3 Å². The first-order valence-corrected chi connectivity index (χ1v) is 8.28. The Balaban J connectivity index is 1.55. The minimum absolute atomic E-state index is 0.0155. The van der Waals surface area contributed by atoms with Gasteiger partial charge < -0.3 is 9.64 Å². The number of amides is 1. The first kappa shape index (κ1) is 16.2. The maximum Gasteiger partial charge on any atom is 0.260 e. The van der Waals surface area contributed by atoms with E-state index in [0.29, 0.717) is 24.3 Å². The summed E-state index contributed by atoms with van der Waals surface area (Å²) in [6, 6.07) is 15.2. The molecule has 0 aliphatic carbocycles. The van der Waals surface area contributed by atoms with E-state index >= 15 is 0 Å². The van der Waals surface area contributed by atoms with Gasteiger partial charge in [0.25, 0.3) is 5.91 Å². The highest BCUT2D eigenvalue weighted by molar-refractivity contribution is 5.95. The molecule has 0 radical (unpaired) electrons. The third-order valence-electron chi connectivity index (χ3n) is 4.34. The number of ether oxygens (including phenoxy) is 1. The van der Waals surface area contributed by atoms with Crippen LogP contribution in [-0.2, 0) is 17.8 Å². The van der Waals surface area contributed by atoms with Crippen molar-refractivity contribution in [2.45, 2.75) is 26.3 Å². The molecule has 4 nitrogen and oxygen atoms in total. The number of nitrogens with zero attached hydrogens (tertiary/aromatic N) is 1. The summed E-state index contributed by atoms with van der Waals surface area (Å²) in [5.41, 5.74) is 3.20. The molecule has 0 spiro atoms. The van der Waals surface area contributed by atoms with Crippen molar-refractivity contribution in [3.05, 3.63) is 65.2 Å². The number of fused-ring (bicyclic) bond motifs is 1. The molecular weight excluding hydrogens is 302 g/mol. The average Bonchev–Trinajstić information content (AvgIpc) is 2.65. The fourth-order valence-electron chi connectivity index (χ4n) is 2.89. The molecule has 1 aliphatic heterocycles. The second-order valence-corrected chi connectivity index (χ2v) is 5.92. The molecule has 0 saturated heterocycles. The van der Waals surface area contributed by atoms with Crippen molar-refractivity contribution in [1.82, 2.24) is 4.90 Å². The third kappa shape index (κ3) is 3.65. The van der Waals surface area contributed by atoms with Gasteiger partial charge in [0.2, 0.25) is 0 Å². The first-order chi connectivity index (χ1) is 11.7. The van der Waals surface area contributed by atoms with E-state index in [1.807, 2.05) is 24.0 Å². The van der Waals surface area contributed by atoms with Crippen LogP contribution in [0.15, 0.2) is 48.5 Å². The van der Waals surface area contributed by atoms with Gasteiger partial charge >= 0.3 is 0 Å². The summed E-state index contributed by atoms with van der Waals surface area (Å²) in [7, 11) is 0. The van der Waals surface area contributed by atoms with Gasteiger partial charge in [0, 0.05) is 25.1 Å². The van der Waals surface area contributed by atoms with Crippen molar-refractivity contribution in [3.63, 3.8) is 0 Å². The zero-order chi connectivity index (χ0) is 16.9. The second kappa shape index (κ2) is 7.30. The van der Waals surface area contributed by atoms with Crippen LogP contribution < -0.4 is 4.74 Å². The first-order valence-electron chi connectivity index (χ1n) is 8.28. The summed E-state index contributed by atoms with van der Waals surface area (Å²) in [6.07, 6.45) is 1.37.